The number of nitrogens with zero attached hydrogens (tertiary/aromatic N) is 1. The minimum atomic E-state index is -3.80. The number of carbonyl (C=O) groups is 1. The predicted octanol–water partition coefficient (Wildman–Crippen LogP) is 0.991. The number of hydroxylamine groups is 1. The molecule has 1 rings (SSSR count). The van der Waals surface area contributed by atoms with Crippen LogP contribution in [0.1, 0.15) is 19.8 Å². The molecule has 2 N–H and O–H groups in total. The van der Waals surface area contributed by atoms with Crippen LogP contribution in [0.2, 0.25) is 0 Å². The van der Waals surface area contributed by atoms with E-state index in [1.165, 1.54) is 36.9 Å². The number of rotatable bonds is 8. The molecule has 8 heteroatoms. The molecule has 0 saturated carbocycles. The summed E-state index contributed by atoms with van der Waals surface area (Å²) in [6.07, 6.45) is 1.41. The maximum absolute atomic E-state index is 12.5. The van der Waals surface area contributed by atoms with Crippen molar-refractivity contribution in [2.24, 2.45) is 0 Å². The van der Waals surface area contributed by atoms with E-state index in [-0.39, 0.29) is 11.4 Å². The van der Waals surface area contributed by atoms with Crippen LogP contribution in [0.3, 0.4) is 0 Å². The van der Waals surface area contributed by atoms with Gasteiger partial charge in [0.25, 0.3) is 5.91 Å². The van der Waals surface area contributed by atoms with Crippen molar-refractivity contribution in [1.82, 2.24) is 9.79 Å². The Morgan fingerprint density at radius 2 is 1.95 bits per heavy atom. The maximum Gasteiger partial charge on any atom is 0.258 e. The van der Waals surface area contributed by atoms with Gasteiger partial charge in [0.2, 0.25) is 10.0 Å². The van der Waals surface area contributed by atoms with Gasteiger partial charge >= 0.3 is 0 Å². The molecule has 0 unspecified atom stereocenters. The summed E-state index contributed by atoms with van der Waals surface area (Å²) in [4.78, 5) is 11.4. The van der Waals surface area contributed by atoms with E-state index in [1.54, 1.807) is 0 Å². The Morgan fingerprint density at radius 3 is 2.43 bits per heavy atom. The molecular formula is C13H20N2O5S. The van der Waals surface area contributed by atoms with Crippen LogP contribution in [0.4, 0.5) is 0 Å². The van der Waals surface area contributed by atoms with Gasteiger partial charge in [0.1, 0.15) is 5.75 Å². The van der Waals surface area contributed by atoms with E-state index in [4.69, 9.17) is 9.94 Å². The van der Waals surface area contributed by atoms with Gasteiger partial charge in [0, 0.05) is 6.54 Å². The number of hydrogen-bond acceptors (Lipinski definition) is 5. The van der Waals surface area contributed by atoms with Crippen LogP contribution in [-0.4, -0.2) is 44.0 Å². The van der Waals surface area contributed by atoms with Gasteiger partial charge < -0.3 is 4.74 Å². The number of amides is 1. The third kappa shape index (κ3) is 4.69. The number of sulfonamides is 1. The zero-order chi connectivity index (χ0) is 15.9. The van der Waals surface area contributed by atoms with E-state index in [0.29, 0.717) is 12.2 Å². The lowest BCUT2D eigenvalue weighted by Gasteiger charge is -2.21. The molecule has 0 fully saturated rings. The highest BCUT2D eigenvalue weighted by Gasteiger charge is 2.26. The highest BCUT2D eigenvalue weighted by molar-refractivity contribution is 7.89. The summed E-state index contributed by atoms with van der Waals surface area (Å²) in [5.41, 5.74) is 1.45. The van der Waals surface area contributed by atoms with Crippen LogP contribution in [0.25, 0.3) is 0 Å². The zero-order valence-corrected chi connectivity index (χ0v) is 12.9. The summed E-state index contributed by atoms with van der Waals surface area (Å²) in [5, 5.41) is 8.58. The van der Waals surface area contributed by atoms with Crippen molar-refractivity contribution in [3.63, 3.8) is 0 Å². The SMILES string of the molecule is CCCCN(CC(=O)NO)S(=O)(=O)c1ccc(OC)cc1. The van der Waals surface area contributed by atoms with Gasteiger partial charge in [-0.1, -0.05) is 13.3 Å². The summed E-state index contributed by atoms with van der Waals surface area (Å²) in [6, 6.07) is 5.92. The average Bonchev–Trinajstić information content (AvgIpc) is 2.50. The molecular weight excluding hydrogens is 296 g/mol. The standard InChI is InChI=1S/C13H20N2O5S/c1-3-4-9-15(10-13(16)14-17)21(18,19)12-7-5-11(20-2)6-8-12/h5-8,17H,3-4,9-10H2,1-2H3,(H,14,16). The number of methoxy groups -OCH3 is 1. The fourth-order valence-corrected chi connectivity index (χ4v) is 3.15. The Hall–Kier alpha value is -1.64. The third-order valence-electron chi connectivity index (χ3n) is 2.90. The minimum absolute atomic E-state index is 0.0742. The third-order valence-corrected chi connectivity index (χ3v) is 4.76. The lowest BCUT2D eigenvalue weighted by atomic mass is 10.3. The second kappa shape index (κ2) is 7.96. The number of benzene rings is 1. The summed E-state index contributed by atoms with van der Waals surface area (Å²) < 4.78 is 31.1. The second-order valence-electron chi connectivity index (χ2n) is 4.40. The molecule has 21 heavy (non-hydrogen) atoms. The Labute approximate surface area is 124 Å². The Kier molecular flexibility index (Phi) is 6.60. The van der Waals surface area contributed by atoms with Gasteiger partial charge in [0.05, 0.1) is 18.6 Å². The summed E-state index contributed by atoms with van der Waals surface area (Å²) in [7, 11) is -2.31. The van der Waals surface area contributed by atoms with E-state index < -0.39 is 22.5 Å². The van der Waals surface area contributed by atoms with Gasteiger partial charge in [0.15, 0.2) is 0 Å². The maximum atomic E-state index is 12.5. The highest BCUT2D eigenvalue weighted by Crippen LogP contribution is 2.19. The summed E-state index contributed by atoms with van der Waals surface area (Å²) in [6.45, 7) is 1.70. The van der Waals surface area contributed by atoms with Crippen LogP contribution >= 0.6 is 0 Å². The van der Waals surface area contributed by atoms with Crippen LogP contribution in [0, 0.1) is 0 Å². The largest absolute Gasteiger partial charge is 0.497 e. The molecule has 0 aliphatic carbocycles. The van der Waals surface area contributed by atoms with E-state index in [9.17, 15) is 13.2 Å². The molecule has 0 aliphatic rings. The molecule has 7 nitrogen and oxygen atoms in total. The monoisotopic (exact) mass is 316 g/mol. The Balaban J connectivity index is 3.03. The number of ether oxygens (including phenoxy) is 1. The van der Waals surface area contributed by atoms with E-state index in [1.807, 2.05) is 6.92 Å². The predicted molar refractivity (Wildman–Crippen MR) is 76.6 cm³/mol. The Morgan fingerprint density at radius 1 is 1.33 bits per heavy atom. The van der Waals surface area contributed by atoms with Gasteiger partial charge in [-0.15, -0.1) is 0 Å². The normalized spacial score (nSPS) is 11.4. The molecule has 1 aromatic rings. The van der Waals surface area contributed by atoms with Crippen molar-refractivity contribution >= 4 is 15.9 Å². The lowest BCUT2D eigenvalue weighted by molar-refractivity contribution is -0.129. The number of nitrogens with one attached hydrogen (secondary N) is 1. The van der Waals surface area contributed by atoms with E-state index >= 15 is 0 Å². The lowest BCUT2D eigenvalue weighted by Crippen LogP contribution is -2.40. The van der Waals surface area contributed by atoms with Crippen molar-refractivity contribution < 1.29 is 23.2 Å². The molecule has 0 saturated heterocycles. The zero-order valence-electron chi connectivity index (χ0n) is 12.1. The van der Waals surface area contributed by atoms with Gasteiger partial charge in [-0.25, -0.2) is 13.9 Å². The molecule has 0 aliphatic heterocycles. The number of carbonyl (C=O) groups excluding carboxylic acids is 1. The first kappa shape index (κ1) is 17.4. The molecule has 0 spiro atoms. The van der Waals surface area contributed by atoms with Crippen molar-refractivity contribution in [1.29, 1.82) is 0 Å². The molecule has 0 radical (unpaired) electrons. The minimum Gasteiger partial charge on any atom is -0.497 e. The van der Waals surface area contributed by atoms with Crippen LogP contribution in [-0.2, 0) is 14.8 Å². The van der Waals surface area contributed by atoms with Crippen LogP contribution < -0.4 is 10.2 Å². The highest BCUT2D eigenvalue weighted by atomic mass is 32.2. The molecule has 118 valence electrons. The quantitative estimate of drug-likeness (QED) is 0.551. The van der Waals surface area contributed by atoms with E-state index in [0.717, 1.165) is 10.7 Å². The van der Waals surface area contributed by atoms with Crippen molar-refractivity contribution in [3.05, 3.63) is 24.3 Å². The first-order valence-corrected chi connectivity index (χ1v) is 7.96. The average molecular weight is 316 g/mol. The molecule has 1 aromatic carbocycles. The summed E-state index contributed by atoms with van der Waals surface area (Å²) in [5.74, 6) is -0.231. The van der Waals surface area contributed by atoms with Gasteiger partial charge in [-0.05, 0) is 30.7 Å². The number of unbranched alkanes of at least 4 members (excludes halogenated alkanes) is 1. The molecule has 1 amide bonds. The van der Waals surface area contributed by atoms with Crippen molar-refractivity contribution in [2.75, 3.05) is 20.2 Å². The molecule has 0 bridgehead atoms. The fraction of sp³-hybridized carbons (Fsp3) is 0.462. The summed E-state index contributed by atoms with van der Waals surface area (Å²) >= 11 is 0. The van der Waals surface area contributed by atoms with Crippen LogP contribution in [0.5, 0.6) is 5.75 Å². The first-order chi connectivity index (χ1) is 9.95. The molecule has 0 aromatic heterocycles. The first-order valence-electron chi connectivity index (χ1n) is 6.52. The van der Waals surface area contributed by atoms with Crippen molar-refractivity contribution in [3.8, 4) is 5.75 Å². The smallest absolute Gasteiger partial charge is 0.258 e. The van der Waals surface area contributed by atoms with Crippen molar-refractivity contribution in [2.45, 2.75) is 24.7 Å². The van der Waals surface area contributed by atoms with Crippen LogP contribution in [0.15, 0.2) is 29.2 Å². The van der Waals surface area contributed by atoms with Gasteiger partial charge in [-0.2, -0.15) is 4.31 Å². The Bertz CT molecular complexity index is 556. The van der Waals surface area contributed by atoms with Gasteiger partial charge in [-0.3, -0.25) is 10.0 Å². The number of hydrogen-bond donors (Lipinski definition) is 2. The molecule has 0 heterocycles. The van der Waals surface area contributed by atoms with E-state index in [2.05, 4.69) is 0 Å². The topological polar surface area (TPSA) is 95.9 Å². The fourth-order valence-electron chi connectivity index (χ4n) is 1.71. The second-order valence-corrected chi connectivity index (χ2v) is 6.34. The molecule has 0 atom stereocenters.